The van der Waals surface area contributed by atoms with E-state index in [1.54, 1.807) is 55.5 Å². The zero-order valence-electron chi connectivity index (χ0n) is 18.3. The quantitative estimate of drug-likeness (QED) is 0.171. The summed E-state index contributed by atoms with van der Waals surface area (Å²) in [5.74, 6) is -1.77. The molecule has 0 aliphatic carbocycles. The lowest BCUT2D eigenvalue weighted by Gasteiger charge is -2.09. The molecule has 33 heavy (non-hydrogen) atoms. The van der Waals surface area contributed by atoms with Gasteiger partial charge in [-0.25, -0.2) is 10.2 Å². The van der Waals surface area contributed by atoms with Gasteiger partial charge in [0.2, 0.25) is 0 Å². The molecule has 0 aromatic heterocycles. The van der Waals surface area contributed by atoms with Crippen molar-refractivity contribution in [3.8, 4) is 5.75 Å². The van der Waals surface area contributed by atoms with Crippen LogP contribution in [0.25, 0.3) is 0 Å². The van der Waals surface area contributed by atoms with Crippen molar-refractivity contribution < 1.29 is 19.1 Å². The molecule has 0 spiro atoms. The summed E-state index contributed by atoms with van der Waals surface area (Å²) in [7, 11) is 0. The normalized spacial score (nSPS) is 11.0. The van der Waals surface area contributed by atoms with Crippen molar-refractivity contribution in [2.75, 3.05) is 5.32 Å². The maximum atomic E-state index is 12.3. The van der Waals surface area contributed by atoms with Gasteiger partial charge in [-0.05, 0) is 86.0 Å². The van der Waals surface area contributed by atoms with Crippen LogP contribution in [0, 0.1) is 13.8 Å². The first-order valence-corrected chi connectivity index (χ1v) is 10.8. The number of hydrogen-bond acceptors (Lipinski definition) is 5. The maximum Gasteiger partial charge on any atom is 0.343 e. The number of aryl methyl sites for hydroxylation is 2. The van der Waals surface area contributed by atoms with Crippen molar-refractivity contribution in [3.63, 3.8) is 0 Å². The van der Waals surface area contributed by atoms with E-state index in [1.807, 2.05) is 32.0 Å². The number of carbonyl (C=O) groups is 3. The minimum atomic E-state index is -0.888. The number of esters is 1. The smallest absolute Gasteiger partial charge is 0.343 e. The molecule has 2 amide bonds. The van der Waals surface area contributed by atoms with Crippen LogP contribution in [0.3, 0.4) is 0 Å². The highest BCUT2D eigenvalue weighted by Gasteiger charge is 2.15. The molecule has 0 heterocycles. The first-order valence-electron chi connectivity index (χ1n) is 10.0. The molecular weight excluding hydrogens is 486 g/mol. The van der Waals surface area contributed by atoms with E-state index in [-0.39, 0.29) is 0 Å². The van der Waals surface area contributed by atoms with Crippen LogP contribution in [0.5, 0.6) is 5.75 Å². The average Bonchev–Trinajstić information content (AvgIpc) is 2.79. The Labute approximate surface area is 200 Å². The lowest BCUT2D eigenvalue weighted by molar-refractivity contribution is -0.136. The fraction of sp³-hybridized carbons (Fsp3) is 0.120. The molecule has 168 valence electrons. The number of anilines is 1. The Hall–Kier alpha value is -3.78. The number of ether oxygens (including phenoxy) is 1. The van der Waals surface area contributed by atoms with Crippen molar-refractivity contribution in [1.29, 1.82) is 0 Å². The third-order valence-electron chi connectivity index (χ3n) is 4.82. The highest BCUT2D eigenvalue weighted by molar-refractivity contribution is 9.10. The van der Waals surface area contributed by atoms with E-state index in [2.05, 4.69) is 31.8 Å². The zero-order chi connectivity index (χ0) is 24.0. The number of hydrazone groups is 1. The van der Waals surface area contributed by atoms with Crippen LogP contribution in [0.15, 0.2) is 76.3 Å². The van der Waals surface area contributed by atoms with Crippen LogP contribution in [-0.2, 0) is 9.59 Å². The molecular formula is C25H22BrN3O4. The molecule has 0 fully saturated rings. The molecule has 3 aromatic rings. The second kappa shape index (κ2) is 10.7. The summed E-state index contributed by atoms with van der Waals surface area (Å²) in [4.78, 5) is 36.6. The van der Waals surface area contributed by atoms with E-state index in [1.165, 1.54) is 0 Å². The summed E-state index contributed by atoms with van der Waals surface area (Å²) < 4.78 is 6.29. The first kappa shape index (κ1) is 23.9. The van der Waals surface area contributed by atoms with E-state index in [9.17, 15) is 14.4 Å². The summed E-state index contributed by atoms with van der Waals surface area (Å²) in [5.41, 5.74) is 6.10. The van der Waals surface area contributed by atoms with E-state index in [0.29, 0.717) is 28.3 Å². The number of nitrogens with one attached hydrogen (secondary N) is 2. The fourth-order valence-electron chi connectivity index (χ4n) is 2.92. The molecule has 0 unspecified atom stereocenters. The molecule has 3 rings (SSSR count). The highest BCUT2D eigenvalue weighted by atomic mass is 79.9. The van der Waals surface area contributed by atoms with Gasteiger partial charge in [-0.15, -0.1) is 0 Å². The van der Waals surface area contributed by atoms with Crippen LogP contribution in [0.2, 0.25) is 0 Å². The standard InChI is InChI=1S/C25H22BrN3O4/c1-15-6-4-5-7-21(15)25(32)33-20-11-8-18(9-12-20)17(3)28-29-24(31)23(30)27-22-13-10-19(26)14-16(22)2/h4-14H,1-3H3,(H,27,30)(H,29,31)/b28-17+. The predicted octanol–water partition coefficient (Wildman–Crippen LogP) is 4.76. The lowest BCUT2D eigenvalue weighted by atomic mass is 10.1. The predicted molar refractivity (Wildman–Crippen MR) is 130 cm³/mol. The number of nitrogens with zero attached hydrogens (tertiary/aromatic N) is 1. The first-order chi connectivity index (χ1) is 15.7. The number of carbonyl (C=O) groups excluding carboxylic acids is 3. The third kappa shape index (κ3) is 6.36. The van der Waals surface area contributed by atoms with Crippen LogP contribution in [0.1, 0.15) is 34.0 Å². The van der Waals surface area contributed by atoms with Crippen molar-refractivity contribution in [2.24, 2.45) is 5.10 Å². The van der Waals surface area contributed by atoms with Gasteiger partial charge < -0.3 is 10.1 Å². The number of amides is 2. The summed E-state index contributed by atoms with van der Waals surface area (Å²) in [6, 6.07) is 19.2. The highest BCUT2D eigenvalue weighted by Crippen LogP contribution is 2.20. The van der Waals surface area contributed by atoms with Gasteiger partial charge in [-0.1, -0.05) is 34.1 Å². The van der Waals surface area contributed by atoms with Crippen molar-refractivity contribution in [3.05, 3.63) is 93.5 Å². The minimum absolute atomic E-state index is 0.382. The number of hydrogen-bond donors (Lipinski definition) is 2. The van der Waals surface area contributed by atoms with Gasteiger partial charge in [0.15, 0.2) is 0 Å². The van der Waals surface area contributed by atoms with Gasteiger partial charge in [0, 0.05) is 10.2 Å². The van der Waals surface area contributed by atoms with Crippen LogP contribution in [-0.4, -0.2) is 23.5 Å². The molecule has 0 aliphatic rings. The molecule has 0 saturated carbocycles. The lowest BCUT2D eigenvalue weighted by Crippen LogP contribution is -2.33. The number of halogens is 1. The van der Waals surface area contributed by atoms with Gasteiger partial charge in [0.05, 0.1) is 11.3 Å². The minimum Gasteiger partial charge on any atom is -0.423 e. The molecule has 3 aromatic carbocycles. The summed E-state index contributed by atoms with van der Waals surface area (Å²) in [6.45, 7) is 5.35. The summed E-state index contributed by atoms with van der Waals surface area (Å²) >= 11 is 3.35. The number of benzene rings is 3. The Morgan fingerprint density at radius 1 is 0.879 bits per heavy atom. The van der Waals surface area contributed by atoms with E-state index in [4.69, 9.17) is 4.74 Å². The van der Waals surface area contributed by atoms with Crippen LogP contribution in [0.4, 0.5) is 5.69 Å². The Bertz CT molecular complexity index is 1240. The Kier molecular flexibility index (Phi) is 7.74. The molecule has 0 bridgehead atoms. The van der Waals surface area contributed by atoms with Gasteiger partial charge in [0.25, 0.3) is 0 Å². The van der Waals surface area contributed by atoms with Gasteiger partial charge in [-0.3, -0.25) is 9.59 Å². The van der Waals surface area contributed by atoms with E-state index < -0.39 is 17.8 Å². The zero-order valence-corrected chi connectivity index (χ0v) is 19.9. The second-order valence-electron chi connectivity index (χ2n) is 7.28. The molecule has 2 N–H and O–H groups in total. The SMILES string of the molecule is C/C(=N\NC(=O)C(=O)Nc1ccc(Br)cc1C)c1ccc(OC(=O)c2ccccc2C)cc1. The van der Waals surface area contributed by atoms with E-state index >= 15 is 0 Å². The van der Waals surface area contributed by atoms with Crippen LogP contribution < -0.4 is 15.5 Å². The molecule has 0 atom stereocenters. The van der Waals surface area contributed by atoms with Crippen LogP contribution >= 0.6 is 15.9 Å². The van der Waals surface area contributed by atoms with Gasteiger partial charge >= 0.3 is 17.8 Å². The molecule has 0 aliphatic heterocycles. The van der Waals surface area contributed by atoms with Crippen molar-refractivity contribution in [2.45, 2.75) is 20.8 Å². The second-order valence-corrected chi connectivity index (χ2v) is 8.20. The van der Waals surface area contributed by atoms with Gasteiger partial charge in [0.1, 0.15) is 5.75 Å². The summed E-state index contributed by atoms with van der Waals surface area (Å²) in [6.07, 6.45) is 0. The van der Waals surface area contributed by atoms with E-state index in [0.717, 1.165) is 15.6 Å². The topological polar surface area (TPSA) is 96.9 Å². The maximum absolute atomic E-state index is 12.3. The monoisotopic (exact) mass is 507 g/mol. The molecule has 0 saturated heterocycles. The van der Waals surface area contributed by atoms with Crippen molar-refractivity contribution >= 4 is 45.1 Å². The molecule has 8 heteroatoms. The summed E-state index contributed by atoms with van der Waals surface area (Å²) in [5, 5.41) is 6.54. The van der Waals surface area contributed by atoms with Crippen molar-refractivity contribution in [1.82, 2.24) is 5.43 Å². The Morgan fingerprint density at radius 2 is 1.58 bits per heavy atom. The molecule has 7 nitrogen and oxygen atoms in total. The van der Waals surface area contributed by atoms with Gasteiger partial charge in [-0.2, -0.15) is 5.10 Å². The Balaban J connectivity index is 1.59. The largest absolute Gasteiger partial charge is 0.423 e. The number of rotatable bonds is 5. The Morgan fingerprint density at radius 3 is 2.24 bits per heavy atom. The third-order valence-corrected chi connectivity index (χ3v) is 5.31. The molecule has 0 radical (unpaired) electrons. The average molecular weight is 508 g/mol. The fourth-order valence-corrected chi connectivity index (χ4v) is 3.40.